The summed E-state index contributed by atoms with van der Waals surface area (Å²) in [5.74, 6) is 0.910. The highest BCUT2D eigenvalue weighted by atomic mass is 16.5. The van der Waals surface area contributed by atoms with Crippen LogP contribution in [0.2, 0.25) is 0 Å². The van der Waals surface area contributed by atoms with Crippen LogP contribution in [0.15, 0.2) is 18.3 Å². The summed E-state index contributed by atoms with van der Waals surface area (Å²) in [7, 11) is 2.13. The Balaban J connectivity index is 1.88. The van der Waals surface area contributed by atoms with E-state index in [0.29, 0.717) is 6.04 Å². The highest BCUT2D eigenvalue weighted by molar-refractivity contribution is 5.25. The van der Waals surface area contributed by atoms with Crippen LogP contribution in [-0.4, -0.2) is 36.1 Å². The minimum Gasteiger partial charge on any atom is -0.490 e. The molecule has 0 radical (unpaired) electrons. The maximum absolute atomic E-state index is 5.71. The van der Waals surface area contributed by atoms with E-state index in [1.54, 1.807) is 6.20 Å². The Morgan fingerprint density at radius 1 is 1.64 bits per heavy atom. The fourth-order valence-electron chi connectivity index (χ4n) is 1.59. The lowest BCUT2D eigenvalue weighted by molar-refractivity contribution is 0.0764. The fourth-order valence-corrected chi connectivity index (χ4v) is 1.59. The highest BCUT2D eigenvalue weighted by Gasteiger charge is 2.24. The molecule has 2 rings (SSSR count). The summed E-state index contributed by atoms with van der Waals surface area (Å²) in [6.07, 6.45) is 3.04. The minimum atomic E-state index is 0.592. The van der Waals surface area contributed by atoms with Gasteiger partial charge in [0.2, 0.25) is 0 Å². The van der Waals surface area contributed by atoms with Crippen molar-refractivity contribution in [3.05, 3.63) is 24.0 Å². The van der Waals surface area contributed by atoms with E-state index in [4.69, 9.17) is 4.74 Å². The van der Waals surface area contributed by atoms with Gasteiger partial charge in [0.05, 0.1) is 5.69 Å². The van der Waals surface area contributed by atoms with Gasteiger partial charge in [-0.1, -0.05) is 0 Å². The van der Waals surface area contributed by atoms with Gasteiger partial charge in [0.25, 0.3) is 0 Å². The second-order valence-electron chi connectivity index (χ2n) is 3.82. The van der Waals surface area contributed by atoms with E-state index in [2.05, 4.69) is 16.9 Å². The van der Waals surface area contributed by atoms with Gasteiger partial charge in [-0.25, -0.2) is 0 Å². The molecule has 0 N–H and O–H groups in total. The SMILES string of the molecule is Cc1ncccc1OC[C@@H]1CCN1C. The molecule has 2 heterocycles. The van der Waals surface area contributed by atoms with E-state index in [1.807, 2.05) is 19.1 Å². The lowest BCUT2D eigenvalue weighted by Crippen LogP contribution is -2.48. The summed E-state index contributed by atoms with van der Waals surface area (Å²) < 4.78 is 5.71. The van der Waals surface area contributed by atoms with Crippen molar-refractivity contribution in [2.24, 2.45) is 0 Å². The molecule has 76 valence electrons. The van der Waals surface area contributed by atoms with Gasteiger partial charge < -0.3 is 4.74 Å². The molecule has 1 fully saturated rings. The van der Waals surface area contributed by atoms with Crippen LogP contribution in [-0.2, 0) is 0 Å². The van der Waals surface area contributed by atoms with Crippen molar-refractivity contribution in [2.45, 2.75) is 19.4 Å². The van der Waals surface area contributed by atoms with Gasteiger partial charge in [-0.15, -0.1) is 0 Å². The summed E-state index contributed by atoms with van der Waals surface area (Å²) in [5, 5.41) is 0. The molecule has 1 atom stereocenters. The number of rotatable bonds is 3. The Labute approximate surface area is 84.7 Å². The molecule has 0 spiro atoms. The molecule has 0 unspecified atom stereocenters. The van der Waals surface area contributed by atoms with Crippen LogP contribution < -0.4 is 4.74 Å². The van der Waals surface area contributed by atoms with Crippen LogP contribution in [0, 0.1) is 6.92 Å². The minimum absolute atomic E-state index is 0.592. The van der Waals surface area contributed by atoms with Gasteiger partial charge in [0.1, 0.15) is 12.4 Å². The van der Waals surface area contributed by atoms with E-state index in [-0.39, 0.29) is 0 Å². The number of aromatic nitrogens is 1. The van der Waals surface area contributed by atoms with Gasteiger partial charge >= 0.3 is 0 Å². The normalized spacial score (nSPS) is 21.7. The van der Waals surface area contributed by atoms with E-state index >= 15 is 0 Å². The summed E-state index contributed by atoms with van der Waals surface area (Å²) in [5.41, 5.74) is 0.967. The van der Waals surface area contributed by atoms with E-state index in [9.17, 15) is 0 Å². The summed E-state index contributed by atoms with van der Waals surface area (Å²) >= 11 is 0. The van der Waals surface area contributed by atoms with E-state index in [0.717, 1.165) is 18.1 Å². The Morgan fingerprint density at radius 2 is 2.50 bits per heavy atom. The number of aryl methyl sites for hydroxylation is 1. The third-order valence-corrected chi connectivity index (χ3v) is 2.83. The second-order valence-corrected chi connectivity index (χ2v) is 3.82. The first-order valence-electron chi connectivity index (χ1n) is 5.02. The van der Waals surface area contributed by atoms with Crippen molar-refractivity contribution in [2.75, 3.05) is 20.2 Å². The molecule has 1 aromatic rings. The zero-order chi connectivity index (χ0) is 9.97. The summed E-state index contributed by atoms with van der Waals surface area (Å²) in [6.45, 7) is 3.95. The number of likely N-dealkylation sites (tertiary alicyclic amines) is 1. The van der Waals surface area contributed by atoms with Crippen molar-refractivity contribution in [3.63, 3.8) is 0 Å². The lowest BCUT2D eigenvalue weighted by Gasteiger charge is -2.37. The molecule has 1 aromatic heterocycles. The van der Waals surface area contributed by atoms with Crippen LogP contribution in [0.3, 0.4) is 0 Å². The van der Waals surface area contributed by atoms with Gasteiger partial charge in [-0.3, -0.25) is 9.88 Å². The molecule has 0 saturated carbocycles. The monoisotopic (exact) mass is 192 g/mol. The third-order valence-electron chi connectivity index (χ3n) is 2.83. The predicted octanol–water partition coefficient (Wildman–Crippen LogP) is 1.47. The molecular weight excluding hydrogens is 176 g/mol. The summed E-state index contributed by atoms with van der Waals surface area (Å²) in [6, 6.07) is 4.47. The smallest absolute Gasteiger partial charge is 0.140 e. The van der Waals surface area contributed by atoms with Crippen LogP contribution in [0.25, 0.3) is 0 Å². The van der Waals surface area contributed by atoms with E-state index < -0.39 is 0 Å². The van der Waals surface area contributed by atoms with Crippen LogP contribution in [0.4, 0.5) is 0 Å². The third kappa shape index (κ3) is 1.87. The topological polar surface area (TPSA) is 25.4 Å². The molecule has 3 heteroatoms. The van der Waals surface area contributed by atoms with Crippen molar-refractivity contribution in [3.8, 4) is 5.75 Å². The molecule has 14 heavy (non-hydrogen) atoms. The highest BCUT2D eigenvalue weighted by Crippen LogP contribution is 2.18. The molecule has 0 amide bonds. The molecule has 1 aliphatic heterocycles. The Morgan fingerprint density at radius 3 is 3.07 bits per heavy atom. The lowest BCUT2D eigenvalue weighted by atomic mass is 10.1. The molecular formula is C11H16N2O. The molecule has 1 saturated heterocycles. The maximum atomic E-state index is 5.71. The Hall–Kier alpha value is -1.09. The first-order chi connectivity index (χ1) is 6.77. The van der Waals surface area contributed by atoms with Crippen LogP contribution >= 0.6 is 0 Å². The number of nitrogens with zero attached hydrogens (tertiary/aromatic N) is 2. The Kier molecular flexibility index (Phi) is 2.68. The zero-order valence-corrected chi connectivity index (χ0v) is 8.73. The van der Waals surface area contributed by atoms with Gasteiger partial charge in [-0.2, -0.15) is 0 Å². The zero-order valence-electron chi connectivity index (χ0n) is 8.73. The standard InChI is InChI=1S/C11H16N2O/c1-9-11(4-3-6-12-9)14-8-10-5-7-13(10)2/h3-4,6,10H,5,7-8H2,1-2H3/t10-/m0/s1. The van der Waals surface area contributed by atoms with Crippen molar-refractivity contribution in [1.82, 2.24) is 9.88 Å². The van der Waals surface area contributed by atoms with Crippen LogP contribution in [0.5, 0.6) is 5.75 Å². The van der Waals surface area contributed by atoms with Gasteiger partial charge in [0.15, 0.2) is 0 Å². The molecule has 0 bridgehead atoms. The van der Waals surface area contributed by atoms with Crippen molar-refractivity contribution in [1.29, 1.82) is 0 Å². The quantitative estimate of drug-likeness (QED) is 0.725. The van der Waals surface area contributed by atoms with E-state index in [1.165, 1.54) is 13.0 Å². The van der Waals surface area contributed by atoms with Crippen molar-refractivity contribution >= 4 is 0 Å². The van der Waals surface area contributed by atoms with Gasteiger partial charge in [-0.05, 0) is 39.1 Å². The first-order valence-corrected chi connectivity index (χ1v) is 5.02. The molecule has 3 nitrogen and oxygen atoms in total. The van der Waals surface area contributed by atoms with Crippen LogP contribution in [0.1, 0.15) is 12.1 Å². The number of hydrogen-bond acceptors (Lipinski definition) is 3. The predicted molar refractivity (Wildman–Crippen MR) is 55.5 cm³/mol. The van der Waals surface area contributed by atoms with Crippen molar-refractivity contribution < 1.29 is 4.74 Å². The molecule has 0 aromatic carbocycles. The molecule has 0 aliphatic carbocycles. The first kappa shape index (κ1) is 9.46. The fraction of sp³-hybridized carbons (Fsp3) is 0.545. The maximum Gasteiger partial charge on any atom is 0.140 e. The average Bonchev–Trinajstić information content (AvgIpc) is 2.19. The molecule has 1 aliphatic rings. The van der Waals surface area contributed by atoms with Gasteiger partial charge in [0, 0.05) is 12.2 Å². The second kappa shape index (κ2) is 3.96. The largest absolute Gasteiger partial charge is 0.490 e. The number of hydrogen-bond donors (Lipinski definition) is 0. The number of pyridine rings is 1. The number of likely N-dealkylation sites (N-methyl/N-ethyl adjacent to an activating group) is 1. The Bertz CT molecular complexity index is 314. The number of ether oxygens (including phenoxy) is 1. The average molecular weight is 192 g/mol. The summed E-state index contributed by atoms with van der Waals surface area (Å²) in [4.78, 5) is 6.49.